The summed E-state index contributed by atoms with van der Waals surface area (Å²) in [5.41, 5.74) is 4.31. The lowest BCUT2D eigenvalue weighted by Crippen LogP contribution is -2.29. The third-order valence-electron chi connectivity index (χ3n) is 6.83. The number of hydrogen-bond acceptors (Lipinski definition) is 4. The molecule has 6 heteroatoms. The van der Waals surface area contributed by atoms with E-state index in [0.717, 1.165) is 17.4 Å². The van der Waals surface area contributed by atoms with E-state index in [9.17, 15) is 9.59 Å². The van der Waals surface area contributed by atoms with E-state index in [-0.39, 0.29) is 18.2 Å². The van der Waals surface area contributed by atoms with Crippen LogP contribution in [0.25, 0.3) is 22.3 Å². The van der Waals surface area contributed by atoms with Gasteiger partial charge in [-0.25, -0.2) is 0 Å². The van der Waals surface area contributed by atoms with Gasteiger partial charge in [0.25, 0.3) is 5.91 Å². The van der Waals surface area contributed by atoms with Crippen LogP contribution < -0.4 is 10.1 Å². The molecule has 4 aromatic carbocycles. The Morgan fingerprint density at radius 2 is 1.57 bits per heavy atom. The molecule has 0 saturated heterocycles. The molecule has 0 fully saturated rings. The van der Waals surface area contributed by atoms with E-state index in [4.69, 9.17) is 14.3 Å². The summed E-state index contributed by atoms with van der Waals surface area (Å²) < 4.78 is 12.0. The van der Waals surface area contributed by atoms with Crippen LogP contribution in [-0.2, 0) is 11.2 Å². The van der Waals surface area contributed by atoms with Gasteiger partial charge in [0.05, 0.1) is 12.2 Å². The van der Waals surface area contributed by atoms with Crippen LogP contribution in [0.1, 0.15) is 40.2 Å². The number of fused-ring (bicyclic) bond motifs is 1. The van der Waals surface area contributed by atoms with Gasteiger partial charge in [-0.1, -0.05) is 78.9 Å². The van der Waals surface area contributed by atoms with Crippen molar-refractivity contribution in [2.75, 3.05) is 13.2 Å². The number of para-hydroxylation sites is 1. The number of amides is 1. The molecule has 0 aliphatic carbocycles. The molecule has 2 N–H and O–H groups in total. The highest BCUT2D eigenvalue weighted by Gasteiger charge is 2.17. The molecule has 0 bridgehead atoms. The van der Waals surface area contributed by atoms with Crippen molar-refractivity contribution in [2.45, 2.75) is 25.2 Å². The second-order valence-corrected chi connectivity index (χ2v) is 9.71. The highest BCUT2D eigenvalue weighted by molar-refractivity contribution is 5.98. The minimum atomic E-state index is -0.846. The molecule has 0 spiro atoms. The summed E-state index contributed by atoms with van der Waals surface area (Å²) in [6.07, 6.45) is 1.29. The van der Waals surface area contributed by atoms with Crippen molar-refractivity contribution >= 4 is 22.8 Å². The molecule has 5 rings (SSSR count). The molecule has 1 atom stereocenters. The normalized spacial score (nSPS) is 11.7. The lowest BCUT2D eigenvalue weighted by molar-refractivity contribution is -0.137. The van der Waals surface area contributed by atoms with Gasteiger partial charge < -0.3 is 19.6 Å². The summed E-state index contributed by atoms with van der Waals surface area (Å²) in [6, 6.07) is 35.4. The zero-order valence-electron chi connectivity index (χ0n) is 22.1. The van der Waals surface area contributed by atoms with E-state index < -0.39 is 5.97 Å². The average molecular weight is 534 g/mol. The number of ether oxygens (including phenoxy) is 1. The molecule has 40 heavy (non-hydrogen) atoms. The molecule has 0 saturated carbocycles. The third-order valence-corrected chi connectivity index (χ3v) is 6.83. The number of carbonyl (C=O) groups is 2. The van der Waals surface area contributed by atoms with Crippen molar-refractivity contribution in [3.63, 3.8) is 0 Å². The van der Waals surface area contributed by atoms with Gasteiger partial charge in [-0.05, 0) is 54.3 Å². The molecular weight excluding hydrogens is 502 g/mol. The topological polar surface area (TPSA) is 88.8 Å². The monoisotopic (exact) mass is 533 g/mol. The Morgan fingerprint density at radius 1 is 0.850 bits per heavy atom. The Labute approximate surface area is 233 Å². The third kappa shape index (κ3) is 6.77. The predicted octanol–water partition coefficient (Wildman–Crippen LogP) is 7.10. The minimum absolute atomic E-state index is 0.0516. The maximum absolute atomic E-state index is 13.2. The number of aliphatic carboxylic acids is 1. The largest absolute Gasteiger partial charge is 0.493 e. The second-order valence-electron chi connectivity index (χ2n) is 9.71. The number of benzene rings is 4. The van der Waals surface area contributed by atoms with Gasteiger partial charge in [0.2, 0.25) is 0 Å². The number of furan rings is 1. The van der Waals surface area contributed by atoms with Crippen molar-refractivity contribution in [3.8, 4) is 17.1 Å². The number of carboxylic acid groups (broad SMARTS) is 1. The summed E-state index contributed by atoms with van der Waals surface area (Å²) in [5, 5.41) is 12.9. The number of rotatable bonds is 12. The van der Waals surface area contributed by atoms with Crippen LogP contribution in [-0.4, -0.2) is 30.1 Å². The van der Waals surface area contributed by atoms with Gasteiger partial charge in [0, 0.05) is 29.8 Å². The molecular formula is C34H31NO5. The van der Waals surface area contributed by atoms with Crippen LogP contribution in [0, 0.1) is 0 Å². The van der Waals surface area contributed by atoms with Crippen molar-refractivity contribution in [1.82, 2.24) is 5.32 Å². The molecule has 1 amide bonds. The second kappa shape index (κ2) is 12.8. The highest BCUT2D eigenvalue weighted by Crippen LogP contribution is 2.34. The zero-order chi connectivity index (χ0) is 27.7. The molecule has 6 nitrogen and oxygen atoms in total. The summed E-state index contributed by atoms with van der Waals surface area (Å²) in [4.78, 5) is 24.0. The molecule has 202 valence electrons. The van der Waals surface area contributed by atoms with E-state index in [2.05, 4.69) is 29.6 Å². The van der Waals surface area contributed by atoms with Crippen molar-refractivity contribution in [3.05, 3.63) is 126 Å². The fourth-order valence-electron chi connectivity index (χ4n) is 4.76. The van der Waals surface area contributed by atoms with Crippen molar-refractivity contribution < 1.29 is 23.8 Å². The smallest absolute Gasteiger partial charge is 0.303 e. The maximum Gasteiger partial charge on any atom is 0.303 e. The van der Waals surface area contributed by atoms with Crippen LogP contribution in [0.5, 0.6) is 5.75 Å². The lowest BCUT2D eigenvalue weighted by atomic mass is 9.92. The first-order valence-corrected chi connectivity index (χ1v) is 13.4. The molecule has 5 aromatic rings. The van der Waals surface area contributed by atoms with Gasteiger partial charge in [-0.3, -0.25) is 9.59 Å². The average Bonchev–Trinajstić information content (AvgIpc) is 3.42. The Hall–Kier alpha value is -4.84. The Bertz CT molecular complexity index is 1580. The van der Waals surface area contributed by atoms with Gasteiger partial charge in [-0.15, -0.1) is 0 Å². The zero-order valence-corrected chi connectivity index (χ0v) is 22.1. The van der Waals surface area contributed by atoms with E-state index in [1.807, 2.05) is 72.8 Å². The van der Waals surface area contributed by atoms with Gasteiger partial charge >= 0.3 is 5.97 Å². The first-order valence-electron chi connectivity index (χ1n) is 13.4. The molecule has 0 aliphatic heterocycles. The minimum Gasteiger partial charge on any atom is -0.493 e. The van der Waals surface area contributed by atoms with Crippen molar-refractivity contribution in [2.24, 2.45) is 0 Å². The molecule has 0 aliphatic rings. The van der Waals surface area contributed by atoms with Gasteiger partial charge in [-0.2, -0.15) is 0 Å². The van der Waals surface area contributed by atoms with Crippen LogP contribution in [0.15, 0.2) is 114 Å². The van der Waals surface area contributed by atoms with Crippen LogP contribution in [0.4, 0.5) is 0 Å². The SMILES string of the molecule is O=C(O)CCCOc1ccccc1-c1cc2ccc(C(=O)NCC(Cc3ccccc3)c3ccccc3)cc2o1. The van der Waals surface area contributed by atoms with E-state index >= 15 is 0 Å². The maximum atomic E-state index is 13.2. The highest BCUT2D eigenvalue weighted by atomic mass is 16.5. The molecule has 1 aromatic heterocycles. The van der Waals surface area contributed by atoms with E-state index in [0.29, 0.717) is 42.2 Å². The van der Waals surface area contributed by atoms with Crippen LogP contribution in [0.2, 0.25) is 0 Å². The Balaban J connectivity index is 1.30. The summed E-state index contributed by atoms with van der Waals surface area (Å²) >= 11 is 0. The van der Waals surface area contributed by atoms with Crippen LogP contribution >= 0.6 is 0 Å². The summed E-state index contributed by atoms with van der Waals surface area (Å²) in [7, 11) is 0. The summed E-state index contributed by atoms with van der Waals surface area (Å²) in [6.45, 7) is 0.799. The molecule has 1 heterocycles. The standard InChI is InChI=1S/C34H31NO5/c36-33(37)16-9-19-39-30-15-8-7-14-29(30)32-21-26-17-18-27(22-31(26)40-32)34(38)35-23-28(25-12-5-2-6-13-25)20-24-10-3-1-4-11-24/h1-8,10-15,17-18,21-22,28H,9,16,19-20,23H2,(H,35,38)(H,36,37). The van der Waals surface area contributed by atoms with E-state index in [1.165, 1.54) is 11.1 Å². The molecule has 1 unspecified atom stereocenters. The fraction of sp³-hybridized carbons (Fsp3) is 0.176. The Kier molecular flexibility index (Phi) is 8.57. The fourth-order valence-corrected chi connectivity index (χ4v) is 4.76. The molecule has 0 radical (unpaired) electrons. The number of nitrogens with one attached hydrogen (secondary N) is 1. The number of carbonyl (C=O) groups excluding carboxylic acids is 1. The van der Waals surface area contributed by atoms with Gasteiger partial charge in [0.15, 0.2) is 0 Å². The number of hydrogen-bond donors (Lipinski definition) is 2. The Morgan fingerprint density at radius 3 is 2.35 bits per heavy atom. The lowest BCUT2D eigenvalue weighted by Gasteiger charge is -2.18. The number of carboxylic acids is 1. The van der Waals surface area contributed by atoms with Crippen molar-refractivity contribution in [1.29, 1.82) is 0 Å². The first kappa shape index (κ1) is 26.8. The van der Waals surface area contributed by atoms with Crippen LogP contribution in [0.3, 0.4) is 0 Å². The van der Waals surface area contributed by atoms with Gasteiger partial charge in [0.1, 0.15) is 17.1 Å². The van der Waals surface area contributed by atoms with E-state index in [1.54, 1.807) is 12.1 Å². The predicted molar refractivity (Wildman–Crippen MR) is 156 cm³/mol. The summed E-state index contributed by atoms with van der Waals surface area (Å²) in [5.74, 6) is 0.374. The quantitative estimate of drug-likeness (QED) is 0.167. The first-order chi connectivity index (χ1) is 19.6.